The maximum atomic E-state index is 12.1. The zero-order valence-electron chi connectivity index (χ0n) is 11.5. The molecule has 0 unspecified atom stereocenters. The first-order chi connectivity index (χ1) is 9.54. The van der Waals surface area contributed by atoms with Crippen molar-refractivity contribution in [3.8, 4) is 0 Å². The zero-order valence-corrected chi connectivity index (χ0v) is 12.3. The standard InChI is InChI=1S/C14H14N4OS/c1-8-4-5-9(2)12-11(8)15-14(20-12)16-13(19)10-6-7-18(3)17-10/h4-7H,1-3H3,(H,15,16,19). The summed E-state index contributed by atoms with van der Waals surface area (Å²) in [5, 5.41) is 7.49. The highest BCUT2D eigenvalue weighted by molar-refractivity contribution is 7.22. The van der Waals surface area contributed by atoms with Gasteiger partial charge < -0.3 is 0 Å². The van der Waals surface area contributed by atoms with E-state index < -0.39 is 0 Å². The van der Waals surface area contributed by atoms with Gasteiger partial charge in [0.1, 0.15) is 0 Å². The van der Waals surface area contributed by atoms with Gasteiger partial charge in [-0.2, -0.15) is 5.10 Å². The molecule has 0 saturated carbocycles. The van der Waals surface area contributed by atoms with E-state index in [4.69, 9.17) is 0 Å². The molecule has 102 valence electrons. The molecule has 1 aromatic carbocycles. The van der Waals surface area contributed by atoms with Crippen molar-refractivity contribution in [3.05, 3.63) is 41.2 Å². The van der Waals surface area contributed by atoms with Gasteiger partial charge in [0.25, 0.3) is 5.91 Å². The number of aryl methyl sites for hydroxylation is 3. The summed E-state index contributed by atoms with van der Waals surface area (Å²) in [6, 6.07) is 5.79. The van der Waals surface area contributed by atoms with Crippen molar-refractivity contribution in [1.82, 2.24) is 14.8 Å². The van der Waals surface area contributed by atoms with Crippen LogP contribution in [0.25, 0.3) is 10.2 Å². The van der Waals surface area contributed by atoms with Gasteiger partial charge in [-0.3, -0.25) is 14.8 Å². The number of hydrogen-bond donors (Lipinski definition) is 1. The normalized spacial score (nSPS) is 10.9. The minimum Gasteiger partial charge on any atom is -0.296 e. The molecule has 1 amide bonds. The van der Waals surface area contributed by atoms with E-state index in [1.165, 1.54) is 16.9 Å². The minimum atomic E-state index is -0.236. The molecule has 2 aromatic heterocycles. The van der Waals surface area contributed by atoms with Gasteiger partial charge >= 0.3 is 0 Å². The van der Waals surface area contributed by atoms with Gasteiger partial charge in [-0.25, -0.2) is 4.98 Å². The van der Waals surface area contributed by atoms with E-state index >= 15 is 0 Å². The Morgan fingerprint density at radius 2 is 2.00 bits per heavy atom. The van der Waals surface area contributed by atoms with Gasteiger partial charge in [0.15, 0.2) is 10.8 Å². The highest BCUT2D eigenvalue weighted by Crippen LogP contribution is 2.30. The summed E-state index contributed by atoms with van der Waals surface area (Å²) < 4.78 is 2.71. The summed E-state index contributed by atoms with van der Waals surface area (Å²) in [5.41, 5.74) is 3.62. The van der Waals surface area contributed by atoms with Crippen LogP contribution in [0.1, 0.15) is 21.6 Å². The largest absolute Gasteiger partial charge is 0.296 e. The molecule has 20 heavy (non-hydrogen) atoms. The number of thiazole rings is 1. The van der Waals surface area contributed by atoms with Gasteiger partial charge in [-0.05, 0) is 31.0 Å². The summed E-state index contributed by atoms with van der Waals surface area (Å²) in [6.07, 6.45) is 1.74. The topological polar surface area (TPSA) is 59.8 Å². The van der Waals surface area contributed by atoms with Crippen LogP contribution in [0.15, 0.2) is 24.4 Å². The molecule has 0 bridgehead atoms. The fraction of sp³-hybridized carbons (Fsp3) is 0.214. The molecular weight excluding hydrogens is 272 g/mol. The molecule has 5 nitrogen and oxygen atoms in total. The summed E-state index contributed by atoms with van der Waals surface area (Å²) >= 11 is 1.49. The van der Waals surface area contributed by atoms with Crippen molar-refractivity contribution in [3.63, 3.8) is 0 Å². The van der Waals surface area contributed by atoms with Crippen LogP contribution in [0.5, 0.6) is 0 Å². The fourth-order valence-corrected chi connectivity index (χ4v) is 3.02. The molecule has 6 heteroatoms. The third kappa shape index (κ3) is 2.18. The quantitative estimate of drug-likeness (QED) is 0.788. The van der Waals surface area contributed by atoms with Crippen molar-refractivity contribution < 1.29 is 4.79 Å². The number of amides is 1. The van der Waals surface area contributed by atoms with E-state index in [-0.39, 0.29) is 5.91 Å². The van der Waals surface area contributed by atoms with E-state index in [1.54, 1.807) is 24.0 Å². The van der Waals surface area contributed by atoms with Crippen LogP contribution in [0.2, 0.25) is 0 Å². The molecule has 0 aliphatic carbocycles. The van der Waals surface area contributed by atoms with Crippen molar-refractivity contribution in [2.75, 3.05) is 5.32 Å². The summed E-state index contributed by atoms with van der Waals surface area (Å²) in [4.78, 5) is 16.6. The maximum Gasteiger partial charge on any atom is 0.277 e. The molecule has 0 aliphatic heterocycles. The molecule has 0 atom stereocenters. The Bertz CT molecular complexity index is 764. The van der Waals surface area contributed by atoms with E-state index in [0.29, 0.717) is 10.8 Å². The number of benzene rings is 1. The predicted octanol–water partition coefficient (Wildman–Crippen LogP) is 2.90. The number of hydrogen-bond acceptors (Lipinski definition) is 4. The van der Waals surface area contributed by atoms with Crippen LogP contribution >= 0.6 is 11.3 Å². The Kier molecular flexibility index (Phi) is 3.02. The molecule has 0 radical (unpaired) electrons. The fourth-order valence-electron chi connectivity index (χ4n) is 2.01. The monoisotopic (exact) mass is 286 g/mol. The van der Waals surface area contributed by atoms with Gasteiger partial charge in [0, 0.05) is 13.2 Å². The Balaban J connectivity index is 1.93. The molecule has 0 fully saturated rings. The molecule has 3 aromatic rings. The van der Waals surface area contributed by atoms with Crippen LogP contribution in [0, 0.1) is 13.8 Å². The van der Waals surface area contributed by atoms with Crippen LogP contribution < -0.4 is 5.32 Å². The number of carbonyl (C=O) groups is 1. The second-order valence-corrected chi connectivity index (χ2v) is 5.72. The Morgan fingerprint density at radius 1 is 1.25 bits per heavy atom. The Labute approximate surface area is 120 Å². The van der Waals surface area contributed by atoms with E-state index in [1.807, 2.05) is 19.9 Å². The lowest BCUT2D eigenvalue weighted by Gasteiger charge is -1.96. The first kappa shape index (κ1) is 12.8. The van der Waals surface area contributed by atoms with Gasteiger partial charge in [0.05, 0.1) is 10.2 Å². The average Bonchev–Trinajstić information content (AvgIpc) is 3.01. The van der Waals surface area contributed by atoms with Gasteiger partial charge in [-0.15, -0.1) is 0 Å². The highest BCUT2D eigenvalue weighted by atomic mass is 32.1. The number of nitrogens with one attached hydrogen (secondary N) is 1. The second kappa shape index (κ2) is 4.72. The summed E-state index contributed by atoms with van der Waals surface area (Å²) in [7, 11) is 1.78. The first-order valence-electron chi connectivity index (χ1n) is 6.22. The number of anilines is 1. The number of rotatable bonds is 2. The van der Waals surface area contributed by atoms with E-state index in [0.717, 1.165) is 15.8 Å². The number of fused-ring (bicyclic) bond motifs is 1. The first-order valence-corrected chi connectivity index (χ1v) is 7.04. The van der Waals surface area contributed by atoms with Crippen LogP contribution in [-0.2, 0) is 7.05 Å². The number of aromatic nitrogens is 3. The van der Waals surface area contributed by atoms with E-state index in [2.05, 4.69) is 21.5 Å². The Morgan fingerprint density at radius 3 is 2.65 bits per heavy atom. The average molecular weight is 286 g/mol. The van der Waals surface area contributed by atoms with Gasteiger partial charge in [-0.1, -0.05) is 23.5 Å². The molecule has 1 N–H and O–H groups in total. The zero-order chi connectivity index (χ0) is 14.3. The molecular formula is C14H14N4OS. The molecule has 0 aliphatic rings. The SMILES string of the molecule is Cc1ccc(C)c2sc(NC(=O)c3ccn(C)n3)nc12. The predicted molar refractivity (Wildman–Crippen MR) is 80.3 cm³/mol. The Hall–Kier alpha value is -2.21. The van der Waals surface area contributed by atoms with Crippen LogP contribution in [0.3, 0.4) is 0 Å². The third-order valence-corrected chi connectivity index (χ3v) is 4.22. The van der Waals surface area contributed by atoms with Crippen molar-refractivity contribution in [1.29, 1.82) is 0 Å². The molecule has 2 heterocycles. The van der Waals surface area contributed by atoms with Crippen LogP contribution in [0.4, 0.5) is 5.13 Å². The lowest BCUT2D eigenvalue weighted by molar-refractivity contribution is 0.102. The maximum absolute atomic E-state index is 12.1. The lowest BCUT2D eigenvalue weighted by atomic mass is 10.1. The third-order valence-electron chi connectivity index (χ3n) is 3.11. The van der Waals surface area contributed by atoms with Crippen molar-refractivity contribution in [2.45, 2.75) is 13.8 Å². The van der Waals surface area contributed by atoms with E-state index in [9.17, 15) is 4.79 Å². The molecule has 0 spiro atoms. The van der Waals surface area contributed by atoms with Crippen molar-refractivity contribution in [2.24, 2.45) is 7.05 Å². The minimum absolute atomic E-state index is 0.236. The molecule has 3 rings (SSSR count). The number of carbonyl (C=O) groups excluding carboxylic acids is 1. The summed E-state index contributed by atoms with van der Waals surface area (Å²) in [5.74, 6) is -0.236. The van der Waals surface area contributed by atoms with Crippen LogP contribution in [-0.4, -0.2) is 20.7 Å². The smallest absolute Gasteiger partial charge is 0.277 e. The lowest BCUT2D eigenvalue weighted by Crippen LogP contribution is -2.12. The molecule has 0 saturated heterocycles. The second-order valence-electron chi connectivity index (χ2n) is 4.72. The van der Waals surface area contributed by atoms with Gasteiger partial charge in [0.2, 0.25) is 0 Å². The summed E-state index contributed by atoms with van der Waals surface area (Å²) in [6.45, 7) is 4.07. The number of nitrogens with zero attached hydrogens (tertiary/aromatic N) is 3. The van der Waals surface area contributed by atoms with Crippen molar-refractivity contribution >= 4 is 32.6 Å². The highest BCUT2D eigenvalue weighted by Gasteiger charge is 2.13.